The molecule has 6 atom stereocenters. The summed E-state index contributed by atoms with van der Waals surface area (Å²) in [6, 6.07) is 0. The van der Waals surface area contributed by atoms with E-state index in [0.717, 1.165) is 19.3 Å². The Hall–Kier alpha value is -2.36. The van der Waals surface area contributed by atoms with E-state index in [1.807, 2.05) is 0 Å². The van der Waals surface area contributed by atoms with Crippen LogP contribution < -0.4 is 0 Å². The fourth-order valence-corrected chi connectivity index (χ4v) is 5.93. The third kappa shape index (κ3) is 4.54. The fraction of sp³-hybridized carbons (Fsp3) is 0.586. The van der Waals surface area contributed by atoms with Gasteiger partial charge in [-0.2, -0.15) is 0 Å². The third-order valence-electron chi connectivity index (χ3n) is 8.11. The van der Waals surface area contributed by atoms with E-state index in [2.05, 4.69) is 76.3 Å². The van der Waals surface area contributed by atoms with Crippen LogP contribution in [0.2, 0.25) is 0 Å². The number of allylic oxidation sites excluding steroid dienone is 6. The maximum atomic E-state index is 13.6. The second-order valence-electron chi connectivity index (χ2n) is 10.0. The summed E-state index contributed by atoms with van der Waals surface area (Å²) in [5, 5.41) is 0. The number of hydrogen-bond acceptors (Lipinski definition) is 4. The van der Waals surface area contributed by atoms with Gasteiger partial charge in [0.2, 0.25) is 0 Å². The molecule has 0 aromatic carbocycles. The SMILES string of the molecule is CCC1=CC(CC)(OC(=O)C2C3C=CC(C3)C2C(=O)OC2(CC)C=C(CC)C=CC2)CC=C1. The summed E-state index contributed by atoms with van der Waals surface area (Å²) in [4.78, 5) is 27.2. The maximum Gasteiger partial charge on any atom is 0.311 e. The van der Waals surface area contributed by atoms with Crippen molar-refractivity contribution in [2.24, 2.45) is 23.7 Å². The normalized spacial score (nSPS) is 36.5. The summed E-state index contributed by atoms with van der Waals surface area (Å²) in [6.45, 7) is 8.33. The predicted molar refractivity (Wildman–Crippen MR) is 130 cm³/mol. The van der Waals surface area contributed by atoms with Gasteiger partial charge in [0.1, 0.15) is 11.2 Å². The van der Waals surface area contributed by atoms with Gasteiger partial charge in [-0.25, -0.2) is 0 Å². The van der Waals surface area contributed by atoms with Gasteiger partial charge in [-0.1, -0.05) is 64.2 Å². The van der Waals surface area contributed by atoms with Crippen molar-refractivity contribution in [1.29, 1.82) is 0 Å². The van der Waals surface area contributed by atoms with E-state index in [4.69, 9.17) is 9.47 Å². The molecule has 0 spiro atoms. The van der Waals surface area contributed by atoms with E-state index in [9.17, 15) is 9.59 Å². The number of hydrogen-bond donors (Lipinski definition) is 0. The van der Waals surface area contributed by atoms with Crippen molar-refractivity contribution in [1.82, 2.24) is 0 Å². The molecule has 0 aromatic heterocycles. The Labute approximate surface area is 198 Å². The zero-order valence-corrected chi connectivity index (χ0v) is 20.5. The highest BCUT2D eigenvalue weighted by atomic mass is 16.6. The van der Waals surface area contributed by atoms with E-state index < -0.39 is 23.0 Å². The van der Waals surface area contributed by atoms with Gasteiger partial charge in [0, 0.05) is 12.8 Å². The molecular formula is C29H38O4. The molecule has 1 fully saturated rings. The highest BCUT2D eigenvalue weighted by molar-refractivity contribution is 5.85. The first-order valence-corrected chi connectivity index (χ1v) is 12.8. The van der Waals surface area contributed by atoms with Crippen LogP contribution in [0, 0.1) is 23.7 Å². The van der Waals surface area contributed by atoms with Crippen LogP contribution in [0.5, 0.6) is 0 Å². The van der Waals surface area contributed by atoms with Crippen LogP contribution in [0.15, 0.2) is 59.8 Å². The standard InChI is InChI=1S/C29H38O4/c1-5-20-11-9-15-28(7-3,18-20)32-26(30)24-22-13-14-23(17-22)25(24)27(31)33-29(8-4)16-10-12-21(6-2)19-29/h9-14,18-19,22-25H,5-8,15-17H2,1-4H3. The summed E-state index contributed by atoms with van der Waals surface area (Å²) < 4.78 is 12.4. The van der Waals surface area contributed by atoms with Gasteiger partial charge in [0.25, 0.3) is 0 Å². The second kappa shape index (κ2) is 9.48. The van der Waals surface area contributed by atoms with Crippen molar-refractivity contribution in [2.45, 2.75) is 83.8 Å². The molecule has 33 heavy (non-hydrogen) atoms. The molecule has 0 N–H and O–H groups in total. The van der Waals surface area contributed by atoms with E-state index in [0.29, 0.717) is 25.7 Å². The molecule has 6 unspecified atom stereocenters. The summed E-state index contributed by atoms with van der Waals surface area (Å²) in [6.07, 6.45) is 22.3. The first-order valence-electron chi connectivity index (χ1n) is 12.8. The van der Waals surface area contributed by atoms with E-state index in [1.54, 1.807) is 0 Å². The summed E-state index contributed by atoms with van der Waals surface area (Å²) in [5.74, 6) is -1.35. The Morgan fingerprint density at radius 2 is 1.21 bits per heavy atom. The van der Waals surface area contributed by atoms with Crippen molar-refractivity contribution in [3.63, 3.8) is 0 Å². The van der Waals surface area contributed by atoms with Crippen molar-refractivity contribution < 1.29 is 19.1 Å². The van der Waals surface area contributed by atoms with Crippen LogP contribution in [0.1, 0.15) is 72.6 Å². The van der Waals surface area contributed by atoms with Crippen molar-refractivity contribution >= 4 is 11.9 Å². The van der Waals surface area contributed by atoms with Gasteiger partial charge in [-0.3, -0.25) is 9.59 Å². The van der Waals surface area contributed by atoms with E-state index in [1.165, 1.54) is 11.1 Å². The molecule has 1 saturated carbocycles. The average Bonchev–Trinajstić information content (AvgIpc) is 3.46. The number of ether oxygens (including phenoxy) is 2. The largest absolute Gasteiger partial charge is 0.454 e. The minimum Gasteiger partial charge on any atom is -0.454 e. The first kappa shape index (κ1) is 23.8. The first-order chi connectivity index (χ1) is 15.9. The summed E-state index contributed by atoms with van der Waals surface area (Å²) in [7, 11) is 0. The molecule has 2 bridgehead atoms. The summed E-state index contributed by atoms with van der Waals surface area (Å²) >= 11 is 0. The molecule has 0 aliphatic heterocycles. The number of rotatable bonds is 8. The highest BCUT2D eigenvalue weighted by Crippen LogP contribution is 2.50. The second-order valence-corrected chi connectivity index (χ2v) is 10.0. The maximum absolute atomic E-state index is 13.6. The molecule has 0 saturated heterocycles. The van der Waals surface area contributed by atoms with Crippen LogP contribution in [0.4, 0.5) is 0 Å². The molecule has 4 rings (SSSR count). The molecule has 4 nitrogen and oxygen atoms in total. The molecular weight excluding hydrogens is 412 g/mol. The van der Waals surface area contributed by atoms with Crippen LogP contribution in [0.25, 0.3) is 0 Å². The Kier molecular flexibility index (Phi) is 6.83. The minimum absolute atomic E-state index is 0.0493. The van der Waals surface area contributed by atoms with Gasteiger partial charge in [-0.05, 0) is 67.2 Å². The smallest absolute Gasteiger partial charge is 0.311 e. The average molecular weight is 451 g/mol. The van der Waals surface area contributed by atoms with Gasteiger partial charge in [0.15, 0.2) is 0 Å². The van der Waals surface area contributed by atoms with Gasteiger partial charge in [0.05, 0.1) is 11.8 Å². The summed E-state index contributed by atoms with van der Waals surface area (Å²) in [5.41, 5.74) is 1.14. The number of carbonyl (C=O) groups excluding carboxylic acids is 2. The molecule has 0 heterocycles. The third-order valence-corrected chi connectivity index (χ3v) is 8.11. The monoisotopic (exact) mass is 450 g/mol. The molecule has 4 aliphatic rings. The Morgan fingerprint density at radius 1 is 0.788 bits per heavy atom. The molecule has 0 aromatic rings. The molecule has 4 heteroatoms. The molecule has 178 valence electrons. The molecule has 4 aliphatic carbocycles. The van der Waals surface area contributed by atoms with E-state index >= 15 is 0 Å². The fourth-order valence-electron chi connectivity index (χ4n) is 5.93. The lowest BCUT2D eigenvalue weighted by Crippen LogP contribution is -2.43. The Balaban J connectivity index is 1.54. The van der Waals surface area contributed by atoms with Gasteiger partial charge in [-0.15, -0.1) is 0 Å². The quantitative estimate of drug-likeness (QED) is 0.317. The van der Waals surface area contributed by atoms with Crippen LogP contribution >= 0.6 is 0 Å². The van der Waals surface area contributed by atoms with Crippen LogP contribution in [-0.2, 0) is 19.1 Å². The minimum atomic E-state index is -0.616. The predicted octanol–water partition coefficient (Wildman–Crippen LogP) is 6.40. The number of esters is 2. The lowest BCUT2D eigenvalue weighted by molar-refractivity contribution is -0.174. The topological polar surface area (TPSA) is 52.6 Å². The molecule has 0 radical (unpaired) electrons. The van der Waals surface area contributed by atoms with Crippen LogP contribution in [-0.4, -0.2) is 23.1 Å². The molecule has 0 amide bonds. The number of fused-ring (bicyclic) bond motifs is 2. The lowest BCUT2D eigenvalue weighted by Gasteiger charge is -2.36. The van der Waals surface area contributed by atoms with Crippen molar-refractivity contribution in [3.8, 4) is 0 Å². The van der Waals surface area contributed by atoms with Crippen molar-refractivity contribution in [2.75, 3.05) is 0 Å². The van der Waals surface area contributed by atoms with Gasteiger partial charge < -0.3 is 9.47 Å². The van der Waals surface area contributed by atoms with E-state index in [-0.39, 0.29) is 23.8 Å². The lowest BCUT2D eigenvalue weighted by atomic mass is 9.81. The number of carbonyl (C=O) groups is 2. The Morgan fingerprint density at radius 3 is 1.58 bits per heavy atom. The van der Waals surface area contributed by atoms with Gasteiger partial charge >= 0.3 is 11.9 Å². The zero-order chi connectivity index (χ0) is 23.6. The van der Waals surface area contributed by atoms with Crippen LogP contribution in [0.3, 0.4) is 0 Å². The highest BCUT2D eigenvalue weighted by Gasteiger charge is 2.55. The Bertz CT molecular complexity index is 861. The van der Waals surface area contributed by atoms with Crippen molar-refractivity contribution in [3.05, 3.63) is 59.8 Å². The zero-order valence-electron chi connectivity index (χ0n) is 20.5.